The van der Waals surface area contributed by atoms with Crippen LogP contribution in [0.15, 0.2) is 0 Å². The second-order valence-corrected chi connectivity index (χ2v) is 12.6. The molecular formula is C36H75N3O. The summed E-state index contributed by atoms with van der Waals surface area (Å²) in [6, 6.07) is -0.0816. The van der Waals surface area contributed by atoms with Crippen molar-refractivity contribution in [2.75, 3.05) is 13.1 Å². The Morgan fingerprint density at radius 2 is 0.600 bits per heavy atom. The van der Waals surface area contributed by atoms with Gasteiger partial charge in [0.05, 0.1) is 0 Å². The molecule has 0 saturated carbocycles. The topological polar surface area (TPSA) is 53.2 Å². The lowest BCUT2D eigenvalue weighted by Crippen LogP contribution is -2.44. The Hall–Kier alpha value is -0.770. The molecule has 240 valence electrons. The van der Waals surface area contributed by atoms with Gasteiger partial charge in [-0.1, -0.05) is 200 Å². The molecule has 40 heavy (non-hydrogen) atoms. The predicted octanol–water partition coefficient (Wildman–Crippen LogP) is 11.9. The smallest absolute Gasteiger partial charge is 0.329 e. The van der Waals surface area contributed by atoms with Gasteiger partial charge in [0.15, 0.2) is 0 Å². The van der Waals surface area contributed by atoms with Crippen LogP contribution in [0.25, 0.3) is 0 Å². The van der Waals surface area contributed by atoms with Crippen LogP contribution in [0.4, 0.5) is 4.79 Å². The average Bonchev–Trinajstić information content (AvgIpc) is 2.96. The van der Waals surface area contributed by atoms with Crippen LogP contribution in [0.5, 0.6) is 0 Å². The van der Waals surface area contributed by atoms with Crippen molar-refractivity contribution in [2.24, 2.45) is 0 Å². The lowest BCUT2D eigenvalue weighted by atomic mass is 10.0. The first-order chi connectivity index (χ1) is 19.8. The van der Waals surface area contributed by atoms with E-state index >= 15 is 0 Å². The van der Waals surface area contributed by atoms with E-state index < -0.39 is 0 Å². The molecule has 2 amide bonds. The van der Waals surface area contributed by atoms with Crippen molar-refractivity contribution in [3.63, 3.8) is 0 Å². The van der Waals surface area contributed by atoms with Crippen molar-refractivity contribution >= 4 is 6.03 Å². The molecular weight excluding hydrogens is 490 g/mol. The molecule has 0 atom stereocenters. The third-order valence-electron chi connectivity index (χ3n) is 8.42. The van der Waals surface area contributed by atoms with Gasteiger partial charge in [-0.15, -0.1) is 0 Å². The minimum absolute atomic E-state index is 0.0816. The molecule has 0 aromatic rings. The molecule has 0 unspecified atom stereocenters. The zero-order chi connectivity index (χ0) is 29.0. The molecule has 0 bridgehead atoms. The van der Waals surface area contributed by atoms with Crippen LogP contribution in [0.3, 0.4) is 0 Å². The molecule has 0 aliphatic carbocycles. The lowest BCUT2D eigenvalue weighted by Gasteiger charge is -2.09. The fraction of sp³-hybridized carbons (Fsp3) is 0.972. The highest BCUT2D eigenvalue weighted by atomic mass is 16.2. The van der Waals surface area contributed by atoms with Crippen molar-refractivity contribution in [1.29, 1.82) is 0 Å². The van der Waals surface area contributed by atoms with Crippen molar-refractivity contribution in [3.05, 3.63) is 0 Å². The largest absolute Gasteiger partial charge is 0.337 e. The van der Waals surface area contributed by atoms with E-state index in [2.05, 4.69) is 30.0 Å². The zero-order valence-corrected chi connectivity index (χ0v) is 27.7. The summed E-state index contributed by atoms with van der Waals surface area (Å²) >= 11 is 0. The number of hydrogen-bond acceptors (Lipinski definition) is 2. The second-order valence-electron chi connectivity index (χ2n) is 12.6. The van der Waals surface area contributed by atoms with Gasteiger partial charge in [-0.3, -0.25) is 5.43 Å². The van der Waals surface area contributed by atoms with Crippen molar-refractivity contribution in [3.8, 4) is 0 Å². The third-order valence-corrected chi connectivity index (χ3v) is 8.42. The molecule has 0 saturated heterocycles. The number of carbonyl (C=O) groups excluding carboxylic acids is 1. The van der Waals surface area contributed by atoms with Gasteiger partial charge in [0.2, 0.25) is 0 Å². The van der Waals surface area contributed by atoms with Gasteiger partial charge in [-0.2, -0.15) is 0 Å². The van der Waals surface area contributed by atoms with E-state index in [0.717, 1.165) is 25.9 Å². The van der Waals surface area contributed by atoms with Crippen LogP contribution in [0.1, 0.15) is 213 Å². The lowest BCUT2D eigenvalue weighted by molar-refractivity contribution is 0.236. The molecule has 0 radical (unpaired) electrons. The van der Waals surface area contributed by atoms with Crippen LogP contribution in [-0.4, -0.2) is 19.1 Å². The summed E-state index contributed by atoms with van der Waals surface area (Å²) in [7, 11) is 0. The van der Waals surface area contributed by atoms with Gasteiger partial charge in [0.25, 0.3) is 0 Å². The number of unbranched alkanes of at least 4 members (excludes halogenated alkanes) is 29. The van der Waals surface area contributed by atoms with E-state index in [-0.39, 0.29) is 6.03 Å². The molecule has 0 aliphatic rings. The molecule has 0 rings (SSSR count). The number of urea groups is 1. The van der Waals surface area contributed by atoms with Crippen LogP contribution in [0, 0.1) is 0 Å². The summed E-state index contributed by atoms with van der Waals surface area (Å²) in [6.45, 7) is 6.23. The van der Waals surface area contributed by atoms with Crippen molar-refractivity contribution < 1.29 is 4.79 Å². The number of hydrogen-bond donors (Lipinski definition) is 3. The Kier molecular flexibility index (Phi) is 35.6. The fourth-order valence-corrected chi connectivity index (χ4v) is 5.65. The Morgan fingerprint density at radius 3 is 0.900 bits per heavy atom. The predicted molar refractivity (Wildman–Crippen MR) is 179 cm³/mol. The van der Waals surface area contributed by atoms with Gasteiger partial charge in [0.1, 0.15) is 0 Å². The minimum atomic E-state index is -0.0816. The molecule has 0 spiro atoms. The van der Waals surface area contributed by atoms with Crippen LogP contribution in [0.2, 0.25) is 0 Å². The number of hydrazine groups is 1. The monoisotopic (exact) mass is 566 g/mol. The van der Waals surface area contributed by atoms with Gasteiger partial charge < -0.3 is 5.32 Å². The summed E-state index contributed by atoms with van der Waals surface area (Å²) in [5.74, 6) is 0. The summed E-state index contributed by atoms with van der Waals surface area (Å²) < 4.78 is 0. The van der Waals surface area contributed by atoms with Crippen molar-refractivity contribution in [1.82, 2.24) is 16.2 Å². The Labute approximate surface area is 252 Å². The maximum absolute atomic E-state index is 11.9. The number of nitrogens with one attached hydrogen (secondary N) is 3. The van der Waals surface area contributed by atoms with Crippen LogP contribution < -0.4 is 16.2 Å². The summed E-state index contributed by atoms with van der Waals surface area (Å²) in [6.07, 6.45) is 42.8. The zero-order valence-electron chi connectivity index (χ0n) is 27.7. The highest BCUT2D eigenvalue weighted by Crippen LogP contribution is 2.14. The standard InChI is InChI=1S/C36H75N3O/c1-3-5-7-9-11-13-15-17-19-21-22-24-26-28-30-32-34-37-36(40)39-38-35-33-31-29-27-25-23-20-18-16-14-12-10-8-6-4-2/h38H,3-35H2,1-2H3,(H2,37,39,40). The maximum atomic E-state index is 11.9. The summed E-state index contributed by atoms with van der Waals surface area (Å²) in [5.41, 5.74) is 5.86. The highest BCUT2D eigenvalue weighted by molar-refractivity contribution is 5.73. The van der Waals surface area contributed by atoms with E-state index in [1.807, 2.05) is 0 Å². The highest BCUT2D eigenvalue weighted by Gasteiger charge is 1.99. The first-order valence-corrected chi connectivity index (χ1v) is 18.6. The van der Waals surface area contributed by atoms with E-state index in [4.69, 9.17) is 0 Å². The number of amides is 2. The van der Waals surface area contributed by atoms with Gasteiger partial charge in [-0.25, -0.2) is 10.2 Å². The molecule has 4 nitrogen and oxygen atoms in total. The van der Waals surface area contributed by atoms with Crippen LogP contribution >= 0.6 is 0 Å². The SMILES string of the molecule is CCCCCCCCCCCCCCCCCCNC(=O)NNCCCCCCCCCCCCCCCCC. The van der Waals surface area contributed by atoms with Gasteiger partial charge >= 0.3 is 6.03 Å². The molecule has 0 aromatic heterocycles. The molecule has 0 aromatic carbocycles. The maximum Gasteiger partial charge on any atom is 0.329 e. The normalized spacial score (nSPS) is 11.2. The first kappa shape index (κ1) is 39.2. The van der Waals surface area contributed by atoms with E-state index in [1.54, 1.807) is 0 Å². The van der Waals surface area contributed by atoms with Crippen molar-refractivity contribution in [2.45, 2.75) is 213 Å². The Bertz CT molecular complexity index is 431. The second kappa shape index (κ2) is 36.3. The minimum Gasteiger partial charge on any atom is -0.337 e. The summed E-state index contributed by atoms with van der Waals surface area (Å²) in [4.78, 5) is 11.9. The first-order valence-electron chi connectivity index (χ1n) is 18.6. The quantitative estimate of drug-likeness (QED) is 0.0537. The molecule has 3 N–H and O–H groups in total. The summed E-state index contributed by atoms with van der Waals surface area (Å²) in [5, 5.41) is 2.97. The van der Waals surface area contributed by atoms with E-state index in [1.165, 1.54) is 186 Å². The van der Waals surface area contributed by atoms with E-state index in [0.29, 0.717) is 0 Å². The van der Waals surface area contributed by atoms with Crippen LogP contribution in [-0.2, 0) is 0 Å². The van der Waals surface area contributed by atoms with Gasteiger partial charge in [0, 0.05) is 13.1 Å². The molecule has 0 aliphatic heterocycles. The molecule has 4 heteroatoms. The Morgan fingerprint density at radius 1 is 0.350 bits per heavy atom. The number of carbonyl (C=O) groups is 1. The average molecular weight is 566 g/mol. The van der Waals surface area contributed by atoms with E-state index in [9.17, 15) is 4.79 Å². The third kappa shape index (κ3) is 35.3. The molecule has 0 fully saturated rings. The Balaban J connectivity index is 3.14. The van der Waals surface area contributed by atoms with Gasteiger partial charge in [-0.05, 0) is 12.8 Å². The molecule has 0 heterocycles. The fourth-order valence-electron chi connectivity index (χ4n) is 5.65. The number of rotatable bonds is 34.